The van der Waals surface area contributed by atoms with Crippen LogP contribution in [0.1, 0.15) is 64.3 Å². The Bertz CT molecular complexity index is 1110. The second kappa shape index (κ2) is 11.8. The molecular formula is C27H39N5O4S. The Morgan fingerprint density at radius 3 is 2.43 bits per heavy atom. The lowest BCUT2D eigenvalue weighted by Gasteiger charge is -2.37. The van der Waals surface area contributed by atoms with Gasteiger partial charge in [-0.25, -0.2) is 4.98 Å². The zero-order valence-electron chi connectivity index (χ0n) is 22.3. The molecule has 1 aromatic heterocycles. The number of hydrogen-bond acceptors (Lipinski definition) is 8. The summed E-state index contributed by atoms with van der Waals surface area (Å²) < 4.78 is 0. The zero-order chi connectivity index (χ0) is 27.4. The van der Waals surface area contributed by atoms with E-state index in [1.807, 2.05) is 64.4 Å². The van der Waals surface area contributed by atoms with Crippen LogP contribution in [0.25, 0.3) is 10.4 Å². The highest BCUT2D eigenvalue weighted by atomic mass is 32.1. The maximum atomic E-state index is 14.0. The number of aromatic nitrogens is 1. The van der Waals surface area contributed by atoms with Gasteiger partial charge in [0, 0.05) is 19.4 Å². The minimum absolute atomic E-state index is 0.0702. The Kier molecular flexibility index (Phi) is 9.22. The largest absolute Gasteiger partial charge is 0.392 e. The van der Waals surface area contributed by atoms with Crippen LogP contribution < -0.4 is 21.7 Å². The molecule has 0 bridgehead atoms. The predicted molar refractivity (Wildman–Crippen MR) is 145 cm³/mol. The first kappa shape index (κ1) is 28.9. The molecule has 0 saturated carbocycles. The second-order valence-corrected chi connectivity index (χ2v) is 11.7. The topological polar surface area (TPSA) is 146 Å². The van der Waals surface area contributed by atoms with Crippen molar-refractivity contribution in [2.24, 2.45) is 11.1 Å². The molecule has 37 heavy (non-hydrogen) atoms. The smallest absolute Gasteiger partial charge is 0.248 e. The first-order valence-corrected chi connectivity index (χ1v) is 13.5. The van der Waals surface area contributed by atoms with E-state index in [2.05, 4.69) is 20.9 Å². The van der Waals surface area contributed by atoms with Gasteiger partial charge in [0.25, 0.3) is 0 Å². The minimum atomic E-state index is -1.66. The van der Waals surface area contributed by atoms with Crippen LogP contribution in [0.5, 0.6) is 0 Å². The number of carbonyl (C=O) groups excluding carboxylic acids is 3. The van der Waals surface area contributed by atoms with Gasteiger partial charge in [0.2, 0.25) is 11.8 Å². The Morgan fingerprint density at radius 1 is 1.24 bits per heavy atom. The molecule has 4 atom stereocenters. The Morgan fingerprint density at radius 2 is 1.92 bits per heavy atom. The molecule has 3 rings (SSSR count). The molecular weight excluding hydrogens is 490 g/mol. The van der Waals surface area contributed by atoms with E-state index >= 15 is 0 Å². The quantitative estimate of drug-likeness (QED) is 0.297. The standard InChI is InChI=1S/C27H39N5O4S/c1-16(18-8-10-19(11-9-18)22-17(2)29-15-37-22)31-25(36)27(13-20(33)14-30-27)24(35)23(26(3,4)5)32-21(34)7-6-12-28/h8-11,15-16,20,23,30,33H,6-7,12-14,28H2,1-5H3,(H,31,36)(H,32,34)/t16-,20+,23?,27-/m0/s1. The van der Waals surface area contributed by atoms with Crippen LogP contribution in [0.2, 0.25) is 0 Å². The van der Waals surface area contributed by atoms with E-state index in [-0.39, 0.29) is 31.3 Å². The van der Waals surface area contributed by atoms with Gasteiger partial charge in [0.05, 0.1) is 34.3 Å². The summed E-state index contributed by atoms with van der Waals surface area (Å²) in [5.41, 5.74) is 7.91. The van der Waals surface area contributed by atoms with Gasteiger partial charge in [-0.15, -0.1) is 11.3 Å². The van der Waals surface area contributed by atoms with Crippen LogP contribution in [0, 0.1) is 12.3 Å². The van der Waals surface area contributed by atoms with Crippen molar-refractivity contribution in [2.45, 2.75) is 77.6 Å². The van der Waals surface area contributed by atoms with Crippen molar-refractivity contribution in [1.29, 1.82) is 0 Å². The number of aliphatic hydroxyl groups excluding tert-OH is 1. The molecule has 10 heteroatoms. The third-order valence-electron chi connectivity index (χ3n) is 6.80. The van der Waals surface area contributed by atoms with Gasteiger partial charge in [0.15, 0.2) is 11.3 Å². The summed E-state index contributed by atoms with van der Waals surface area (Å²) in [4.78, 5) is 45.6. The molecule has 2 aromatic rings. The molecule has 1 aliphatic rings. The van der Waals surface area contributed by atoms with Crippen LogP contribution in [0.15, 0.2) is 29.8 Å². The summed E-state index contributed by atoms with van der Waals surface area (Å²) >= 11 is 1.57. The Labute approximate surface area is 222 Å². The maximum absolute atomic E-state index is 14.0. The molecule has 1 unspecified atom stereocenters. The molecule has 0 aliphatic carbocycles. The number of amides is 2. The number of nitrogens with one attached hydrogen (secondary N) is 3. The Balaban J connectivity index is 1.82. The lowest BCUT2D eigenvalue weighted by molar-refractivity contribution is -0.142. The van der Waals surface area contributed by atoms with Crippen LogP contribution in [-0.4, -0.2) is 58.5 Å². The lowest BCUT2D eigenvalue weighted by atomic mass is 9.75. The minimum Gasteiger partial charge on any atom is -0.392 e. The SMILES string of the molecule is Cc1ncsc1-c1ccc([C@H](C)NC(=O)[C@@]2(C(=O)C(NC(=O)CCCN)C(C)(C)C)C[C@@H](O)CN2)cc1. The molecule has 2 heterocycles. The number of carbonyl (C=O) groups is 3. The molecule has 6 N–H and O–H groups in total. The number of rotatable bonds is 10. The number of thiazole rings is 1. The van der Waals surface area contributed by atoms with Gasteiger partial charge in [-0.1, -0.05) is 45.0 Å². The normalized spacial score (nSPS) is 21.3. The van der Waals surface area contributed by atoms with Gasteiger partial charge in [0.1, 0.15) is 0 Å². The molecule has 2 amide bonds. The van der Waals surface area contributed by atoms with E-state index in [1.54, 1.807) is 11.3 Å². The highest BCUT2D eigenvalue weighted by Crippen LogP contribution is 2.31. The van der Waals surface area contributed by atoms with Crippen molar-refractivity contribution in [3.8, 4) is 10.4 Å². The highest BCUT2D eigenvalue weighted by Gasteiger charge is 2.55. The molecule has 1 saturated heterocycles. The molecule has 0 spiro atoms. The lowest BCUT2D eigenvalue weighted by Crippen LogP contribution is -2.66. The van der Waals surface area contributed by atoms with E-state index in [0.29, 0.717) is 13.0 Å². The van der Waals surface area contributed by atoms with Crippen LogP contribution in [-0.2, 0) is 14.4 Å². The number of aliphatic hydroxyl groups is 1. The van der Waals surface area contributed by atoms with E-state index in [9.17, 15) is 19.5 Å². The number of nitrogens with zero attached hydrogens (tertiary/aromatic N) is 1. The number of hydrogen-bond donors (Lipinski definition) is 5. The van der Waals surface area contributed by atoms with Crippen molar-refractivity contribution < 1.29 is 19.5 Å². The number of Topliss-reactive ketones (excluding diaryl/α,β-unsaturated/α-hetero) is 1. The average molecular weight is 530 g/mol. The van der Waals surface area contributed by atoms with Crippen LogP contribution in [0.4, 0.5) is 0 Å². The zero-order valence-corrected chi connectivity index (χ0v) is 23.1. The summed E-state index contributed by atoms with van der Waals surface area (Å²) in [5, 5.41) is 19.1. The predicted octanol–water partition coefficient (Wildman–Crippen LogP) is 2.23. The van der Waals surface area contributed by atoms with Crippen LogP contribution in [0.3, 0.4) is 0 Å². The van der Waals surface area contributed by atoms with Crippen molar-refractivity contribution in [2.75, 3.05) is 13.1 Å². The number of β-amino-alcohol motifs (C(OH)–C–C–N with tert-alkyl or cyclic N) is 1. The van der Waals surface area contributed by atoms with E-state index in [1.165, 1.54) is 0 Å². The van der Waals surface area contributed by atoms with Gasteiger partial charge < -0.3 is 21.5 Å². The van der Waals surface area contributed by atoms with Crippen LogP contribution >= 0.6 is 11.3 Å². The molecule has 1 aliphatic heterocycles. The van der Waals surface area contributed by atoms with Crippen molar-refractivity contribution in [1.82, 2.24) is 20.9 Å². The van der Waals surface area contributed by atoms with Gasteiger partial charge >= 0.3 is 0 Å². The molecule has 0 radical (unpaired) electrons. The summed E-state index contributed by atoms with van der Waals surface area (Å²) in [6.07, 6.45) is -0.238. The van der Waals surface area contributed by atoms with Gasteiger partial charge in [-0.2, -0.15) is 0 Å². The van der Waals surface area contributed by atoms with Crippen molar-refractivity contribution in [3.05, 3.63) is 41.0 Å². The van der Waals surface area contributed by atoms with Gasteiger partial charge in [-0.3, -0.25) is 19.7 Å². The monoisotopic (exact) mass is 529 g/mol. The molecule has 9 nitrogen and oxygen atoms in total. The molecule has 1 aromatic carbocycles. The van der Waals surface area contributed by atoms with Gasteiger partial charge in [-0.05, 0) is 43.4 Å². The van der Waals surface area contributed by atoms with Crippen molar-refractivity contribution >= 4 is 28.9 Å². The fourth-order valence-electron chi connectivity index (χ4n) is 4.59. The summed E-state index contributed by atoms with van der Waals surface area (Å²) in [6, 6.07) is 6.55. The number of ketones is 1. The third-order valence-corrected chi connectivity index (χ3v) is 7.77. The van der Waals surface area contributed by atoms with Crippen molar-refractivity contribution in [3.63, 3.8) is 0 Å². The molecule has 1 fully saturated rings. The van der Waals surface area contributed by atoms with E-state index < -0.39 is 34.8 Å². The molecule has 202 valence electrons. The number of nitrogens with two attached hydrogens (primary N) is 1. The summed E-state index contributed by atoms with van der Waals surface area (Å²) in [7, 11) is 0. The fraction of sp³-hybridized carbons (Fsp3) is 0.556. The highest BCUT2D eigenvalue weighted by molar-refractivity contribution is 7.13. The second-order valence-electron chi connectivity index (χ2n) is 10.9. The average Bonchev–Trinajstić information content (AvgIpc) is 3.46. The fourth-order valence-corrected chi connectivity index (χ4v) is 5.40. The number of aryl methyl sites for hydroxylation is 1. The number of benzene rings is 1. The Hall–Kier alpha value is -2.66. The maximum Gasteiger partial charge on any atom is 0.248 e. The first-order valence-electron chi connectivity index (χ1n) is 12.7. The third kappa shape index (κ3) is 6.62. The summed E-state index contributed by atoms with van der Waals surface area (Å²) in [5.74, 6) is -1.27. The van der Waals surface area contributed by atoms with E-state index in [4.69, 9.17) is 5.73 Å². The first-order chi connectivity index (χ1) is 17.4. The van der Waals surface area contributed by atoms with E-state index in [0.717, 1.165) is 21.7 Å². The summed E-state index contributed by atoms with van der Waals surface area (Å²) in [6.45, 7) is 9.80.